The predicted octanol–water partition coefficient (Wildman–Crippen LogP) is 1.49. The van der Waals surface area contributed by atoms with Gasteiger partial charge in [0.1, 0.15) is 12.1 Å². The van der Waals surface area contributed by atoms with Gasteiger partial charge in [-0.05, 0) is 32.1 Å². The minimum Gasteiger partial charge on any atom is -0.369 e. The Kier molecular flexibility index (Phi) is 8.07. The third-order valence-electron chi connectivity index (χ3n) is 6.94. The Morgan fingerprint density at radius 3 is 2.94 bits per heavy atom. The molecule has 12 nitrogen and oxygen atoms in total. The van der Waals surface area contributed by atoms with Crippen molar-refractivity contribution in [3.8, 4) is 0 Å². The summed E-state index contributed by atoms with van der Waals surface area (Å²) in [6.45, 7) is 1.37. The highest BCUT2D eigenvalue weighted by atomic mass is 32.2. The van der Waals surface area contributed by atoms with Crippen molar-refractivity contribution in [1.82, 2.24) is 35.7 Å². The molecule has 0 radical (unpaired) electrons. The van der Waals surface area contributed by atoms with Gasteiger partial charge in [0, 0.05) is 36.9 Å². The number of rotatable bonds is 12. The number of amides is 3. The monoisotopic (exact) mass is 518 g/mol. The quantitative estimate of drug-likeness (QED) is 0.208. The van der Waals surface area contributed by atoms with Crippen molar-refractivity contribution in [3.63, 3.8) is 0 Å². The van der Waals surface area contributed by atoms with Crippen LogP contribution in [0.4, 0.5) is 10.6 Å². The molecule has 0 bridgehead atoms. The highest BCUT2D eigenvalue weighted by Gasteiger charge is 2.42. The van der Waals surface area contributed by atoms with Crippen molar-refractivity contribution >= 4 is 40.6 Å². The Morgan fingerprint density at radius 2 is 2.08 bits per heavy atom. The number of carbonyl (C=O) groups is 2. The second-order valence-corrected chi connectivity index (χ2v) is 10.8. The fourth-order valence-electron chi connectivity index (χ4n) is 5.04. The number of thioether (sulfide) groups is 1. The summed E-state index contributed by atoms with van der Waals surface area (Å²) in [5.41, 5.74) is 0.676. The zero-order valence-electron chi connectivity index (χ0n) is 20.2. The van der Waals surface area contributed by atoms with Crippen LogP contribution in [0.5, 0.6) is 0 Å². The van der Waals surface area contributed by atoms with Gasteiger partial charge < -0.3 is 31.1 Å². The number of nitrogens with zero attached hydrogens (tertiary/aromatic N) is 4. The molecule has 0 spiro atoms. The molecule has 3 amide bonds. The maximum absolute atomic E-state index is 12.1. The Hall–Kier alpha value is -2.64. The van der Waals surface area contributed by atoms with Crippen molar-refractivity contribution in [2.45, 2.75) is 81.2 Å². The number of unbranched alkanes of at least 4 members (excludes halogenated alkanes) is 2. The van der Waals surface area contributed by atoms with E-state index in [0.29, 0.717) is 42.5 Å². The minimum absolute atomic E-state index is 0.0535. The summed E-state index contributed by atoms with van der Waals surface area (Å²) in [5.74, 6) is 1.78. The van der Waals surface area contributed by atoms with E-state index in [1.165, 1.54) is 6.33 Å². The van der Waals surface area contributed by atoms with E-state index in [1.54, 1.807) is 10.9 Å². The number of carbonyl (C=O) groups excluding carboxylic acids is 2. The van der Waals surface area contributed by atoms with Gasteiger partial charge in [0.05, 0.1) is 23.7 Å². The molecule has 36 heavy (non-hydrogen) atoms. The average molecular weight is 519 g/mol. The molecule has 2 aromatic rings. The molecule has 196 valence electrons. The van der Waals surface area contributed by atoms with Crippen molar-refractivity contribution in [2.75, 3.05) is 24.2 Å². The summed E-state index contributed by atoms with van der Waals surface area (Å²) in [4.78, 5) is 32.3. The van der Waals surface area contributed by atoms with Crippen LogP contribution in [0.15, 0.2) is 12.5 Å². The Balaban J connectivity index is 0.946. The van der Waals surface area contributed by atoms with E-state index in [4.69, 9.17) is 4.74 Å². The van der Waals surface area contributed by atoms with Crippen molar-refractivity contribution in [2.24, 2.45) is 0 Å². The van der Waals surface area contributed by atoms with Gasteiger partial charge in [-0.25, -0.2) is 19.4 Å². The number of aliphatic hydroxyl groups is 1. The van der Waals surface area contributed by atoms with E-state index in [2.05, 4.69) is 36.3 Å². The highest BCUT2D eigenvalue weighted by molar-refractivity contribution is 8.00. The van der Waals surface area contributed by atoms with Gasteiger partial charge in [0.15, 0.2) is 18.2 Å². The summed E-state index contributed by atoms with van der Waals surface area (Å²) < 4.78 is 7.19. The smallest absolute Gasteiger partial charge is 0.315 e. The first-order chi connectivity index (χ1) is 17.6. The zero-order chi connectivity index (χ0) is 24.9. The van der Waals surface area contributed by atoms with Crippen molar-refractivity contribution in [3.05, 3.63) is 12.5 Å². The first-order valence-electron chi connectivity index (χ1n) is 12.8. The SMILES string of the molecule is O=C(CCCCC1SCC2NC(=O)NC21)NCCCCNc1ncnc2c1cnn2C1CCC(O)O1. The number of anilines is 1. The first-order valence-corrected chi connectivity index (χ1v) is 13.8. The predicted molar refractivity (Wildman–Crippen MR) is 135 cm³/mol. The van der Waals surface area contributed by atoms with Gasteiger partial charge in [-0.3, -0.25) is 4.79 Å². The third kappa shape index (κ3) is 5.84. The van der Waals surface area contributed by atoms with E-state index in [9.17, 15) is 14.7 Å². The van der Waals surface area contributed by atoms with Gasteiger partial charge in [-0.15, -0.1) is 0 Å². The lowest BCUT2D eigenvalue weighted by atomic mass is 10.0. The molecule has 3 fully saturated rings. The lowest BCUT2D eigenvalue weighted by Gasteiger charge is -2.16. The molecule has 0 saturated carbocycles. The largest absolute Gasteiger partial charge is 0.369 e. The standard InChI is InChI=1S/C23H34N8O4S/c32-17(6-2-1-5-16-20-15(12-36-16)29-23(34)30-20)24-9-3-4-10-25-21-14-11-28-31(22(14)27-13-26-21)18-7-8-19(33)35-18/h11,13,15-16,18-20,33H,1-10,12H2,(H,24,32)(H,25,26,27)(H2,29,30,34). The molecule has 13 heteroatoms. The topological polar surface area (TPSA) is 155 Å². The van der Waals surface area contributed by atoms with Crippen LogP contribution < -0.4 is 21.3 Å². The summed E-state index contributed by atoms with van der Waals surface area (Å²) in [7, 11) is 0. The first kappa shape index (κ1) is 25.0. The van der Waals surface area contributed by atoms with Crippen LogP contribution in [0.1, 0.15) is 57.6 Å². The number of urea groups is 1. The number of aliphatic hydroxyl groups excluding tert-OH is 1. The number of aromatic nitrogens is 4. The molecular weight excluding hydrogens is 484 g/mol. The molecule has 3 saturated heterocycles. The third-order valence-corrected chi connectivity index (χ3v) is 8.45. The summed E-state index contributed by atoms with van der Waals surface area (Å²) >= 11 is 1.91. The average Bonchev–Trinajstić information content (AvgIpc) is 3.64. The van der Waals surface area contributed by atoms with Gasteiger partial charge in [0.2, 0.25) is 5.91 Å². The van der Waals surface area contributed by atoms with Crippen LogP contribution in [0.3, 0.4) is 0 Å². The van der Waals surface area contributed by atoms with Gasteiger partial charge in [-0.2, -0.15) is 16.9 Å². The van der Waals surface area contributed by atoms with E-state index in [0.717, 1.165) is 49.8 Å². The molecule has 0 aromatic carbocycles. The molecule has 3 aliphatic heterocycles. The molecule has 5 heterocycles. The fraction of sp³-hybridized carbons (Fsp3) is 0.696. The van der Waals surface area contributed by atoms with Gasteiger partial charge in [-0.1, -0.05) is 6.42 Å². The van der Waals surface area contributed by atoms with Crippen LogP contribution in [0.25, 0.3) is 11.0 Å². The summed E-state index contributed by atoms with van der Waals surface area (Å²) in [5, 5.41) is 27.6. The lowest BCUT2D eigenvalue weighted by Crippen LogP contribution is -2.36. The van der Waals surface area contributed by atoms with E-state index in [1.807, 2.05) is 11.8 Å². The van der Waals surface area contributed by atoms with E-state index in [-0.39, 0.29) is 30.2 Å². The molecule has 5 atom stereocenters. The Morgan fingerprint density at radius 1 is 1.19 bits per heavy atom. The molecule has 5 unspecified atom stereocenters. The maximum Gasteiger partial charge on any atom is 0.315 e. The number of ether oxygens (including phenoxy) is 1. The maximum atomic E-state index is 12.1. The summed E-state index contributed by atoms with van der Waals surface area (Å²) in [6, 6.07) is 0.432. The highest BCUT2D eigenvalue weighted by Crippen LogP contribution is 2.33. The van der Waals surface area contributed by atoms with Crippen LogP contribution in [-0.2, 0) is 9.53 Å². The second-order valence-electron chi connectivity index (χ2n) is 9.52. The molecule has 2 aromatic heterocycles. The van der Waals surface area contributed by atoms with Crippen LogP contribution in [0, 0.1) is 0 Å². The van der Waals surface area contributed by atoms with Crippen molar-refractivity contribution < 1.29 is 19.4 Å². The van der Waals surface area contributed by atoms with E-state index >= 15 is 0 Å². The number of nitrogens with one attached hydrogen (secondary N) is 4. The Labute approximate surface area is 213 Å². The number of hydrogen-bond acceptors (Lipinski definition) is 9. The fourth-order valence-corrected chi connectivity index (χ4v) is 6.59. The second kappa shape index (κ2) is 11.6. The number of fused-ring (bicyclic) bond motifs is 2. The van der Waals surface area contributed by atoms with Crippen LogP contribution >= 0.6 is 11.8 Å². The molecule has 5 rings (SSSR count). The zero-order valence-corrected chi connectivity index (χ0v) is 21.0. The van der Waals surface area contributed by atoms with Crippen molar-refractivity contribution in [1.29, 1.82) is 0 Å². The molecular formula is C23H34N8O4S. The minimum atomic E-state index is -0.756. The summed E-state index contributed by atoms with van der Waals surface area (Å²) in [6.07, 6.45) is 8.60. The molecule has 5 N–H and O–H groups in total. The van der Waals surface area contributed by atoms with Crippen LogP contribution in [-0.4, -0.2) is 79.3 Å². The van der Waals surface area contributed by atoms with Crippen LogP contribution in [0.2, 0.25) is 0 Å². The Bertz CT molecular complexity index is 1070. The van der Waals surface area contributed by atoms with Gasteiger partial charge in [0.25, 0.3) is 0 Å². The number of hydrogen-bond donors (Lipinski definition) is 5. The normalized spacial score (nSPS) is 27.1. The van der Waals surface area contributed by atoms with E-state index < -0.39 is 6.29 Å². The lowest BCUT2D eigenvalue weighted by molar-refractivity contribution is -0.121. The molecule has 0 aliphatic carbocycles. The van der Waals surface area contributed by atoms with Gasteiger partial charge >= 0.3 is 6.03 Å². The molecule has 3 aliphatic rings.